The second kappa shape index (κ2) is 5.98. The largest absolute Gasteiger partial charge is 0.497 e. The number of rotatable bonds is 5. The zero-order chi connectivity index (χ0) is 11.3. The van der Waals surface area contributed by atoms with E-state index in [1.165, 1.54) is 0 Å². The molecule has 0 atom stereocenters. The SMILES string of the molecule is COc1cc(Br)c(OC)c(CCCO)c1. The maximum Gasteiger partial charge on any atom is 0.136 e. The van der Waals surface area contributed by atoms with Crippen LogP contribution in [0.5, 0.6) is 11.5 Å². The van der Waals surface area contributed by atoms with E-state index in [-0.39, 0.29) is 6.61 Å². The molecule has 1 rings (SSSR count). The minimum absolute atomic E-state index is 0.179. The first-order valence-electron chi connectivity index (χ1n) is 4.74. The van der Waals surface area contributed by atoms with Gasteiger partial charge in [-0.3, -0.25) is 0 Å². The van der Waals surface area contributed by atoms with E-state index in [9.17, 15) is 0 Å². The molecule has 1 aromatic rings. The monoisotopic (exact) mass is 274 g/mol. The Hall–Kier alpha value is -0.740. The van der Waals surface area contributed by atoms with Gasteiger partial charge in [0.1, 0.15) is 11.5 Å². The molecule has 0 radical (unpaired) electrons. The number of hydrogen-bond donors (Lipinski definition) is 1. The summed E-state index contributed by atoms with van der Waals surface area (Å²) in [6, 6.07) is 3.79. The number of halogens is 1. The first-order valence-corrected chi connectivity index (χ1v) is 5.53. The molecule has 0 amide bonds. The van der Waals surface area contributed by atoms with Crippen molar-refractivity contribution in [3.05, 3.63) is 22.2 Å². The van der Waals surface area contributed by atoms with Crippen molar-refractivity contribution < 1.29 is 14.6 Å². The fraction of sp³-hybridized carbons (Fsp3) is 0.455. The van der Waals surface area contributed by atoms with Gasteiger partial charge in [0.25, 0.3) is 0 Å². The van der Waals surface area contributed by atoms with Crippen molar-refractivity contribution in [3.63, 3.8) is 0 Å². The van der Waals surface area contributed by atoms with E-state index in [1.54, 1.807) is 14.2 Å². The van der Waals surface area contributed by atoms with Gasteiger partial charge in [-0.25, -0.2) is 0 Å². The topological polar surface area (TPSA) is 38.7 Å². The highest BCUT2D eigenvalue weighted by molar-refractivity contribution is 9.10. The van der Waals surface area contributed by atoms with Gasteiger partial charge in [0.2, 0.25) is 0 Å². The van der Waals surface area contributed by atoms with Crippen molar-refractivity contribution in [2.75, 3.05) is 20.8 Å². The Bertz CT molecular complexity index is 326. The highest BCUT2D eigenvalue weighted by Crippen LogP contribution is 2.34. The van der Waals surface area contributed by atoms with Gasteiger partial charge in [-0.15, -0.1) is 0 Å². The molecule has 0 aliphatic rings. The maximum absolute atomic E-state index is 8.80. The summed E-state index contributed by atoms with van der Waals surface area (Å²) in [6.07, 6.45) is 1.49. The normalized spacial score (nSPS) is 10.1. The van der Waals surface area contributed by atoms with Gasteiger partial charge in [-0.05, 0) is 46.5 Å². The van der Waals surface area contributed by atoms with Crippen LogP contribution in [0.2, 0.25) is 0 Å². The molecule has 0 aromatic heterocycles. The predicted octanol–water partition coefficient (Wildman–Crippen LogP) is 2.39. The summed E-state index contributed by atoms with van der Waals surface area (Å²) >= 11 is 3.42. The van der Waals surface area contributed by atoms with Crippen molar-refractivity contribution in [1.82, 2.24) is 0 Å². The fourth-order valence-corrected chi connectivity index (χ4v) is 2.07. The molecular formula is C11H15BrO3. The van der Waals surface area contributed by atoms with Gasteiger partial charge in [0, 0.05) is 6.61 Å². The van der Waals surface area contributed by atoms with Crippen LogP contribution in [0.1, 0.15) is 12.0 Å². The number of aliphatic hydroxyl groups is 1. The molecule has 3 nitrogen and oxygen atoms in total. The number of benzene rings is 1. The number of aryl methyl sites for hydroxylation is 1. The van der Waals surface area contributed by atoms with Gasteiger partial charge < -0.3 is 14.6 Å². The molecule has 0 fully saturated rings. The zero-order valence-corrected chi connectivity index (χ0v) is 10.5. The van der Waals surface area contributed by atoms with E-state index in [2.05, 4.69) is 15.9 Å². The summed E-state index contributed by atoms with van der Waals surface area (Å²) in [4.78, 5) is 0. The van der Waals surface area contributed by atoms with Crippen LogP contribution < -0.4 is 9.47 Å². The molecule has 0 heterocycles. The summed E-state index contributed by atoms with van der Waals surface area (Å²) in [6.45, 7) is 0.179. The van der Waals surface area contributed by atoms with Gasteiger partial charge in [0.15, 0.2) is 0 Å². The molecule has 0 aliphatic heterocycles. The van der Waals surface area contributed by atoms with E-state index in [0.717, 1.165) is 34.4 Å². The second-order valence-electron chi connectivity index (χ2n) is 3.13. The summed E-state index contributed by atoms with van der Waals surface area (Å²) in [5, 5.41) is 8.80. The van der Waals surface area contributed by atoms with Crippen molar-refractivity contribution in [3.8, 4) is 11.5 Å². The number of methoxy groups -OCH3 is 2. The number of aliphatic hydroxyl groups excluding tert-OH is 1. The average Bonchev–Trinajstić information content (AvgIpc) is 2.25. The van der Waals surface area contributed by atoms with Crippen LogP contribution in [0.25, 0.3) is 0 Å². The van der Waals surface area contributed by atoms with Crippen LogP contribution in [0, 0.1) is 0 Å². The standard InChI is InChI=1S/C11H15BrO3/c1-14-9-6-8(4-3-5-13)11(15-2)10(12)7-9/h6-7,13H,3-5H2,1-2H3. The molecule has 84 valence electrons. The molecule has 0 saturated carbocycles. The Morgan fingerprint density at radius 1 is 1.27 bits per heavy atom. The van der Waals surface area contributed by atoms with Crippen molar-refractivity contribution in [1.29, 1.82) is 0 Å². The van der Waals surface area contributed by atoms with Crippen molar-refractivity contribution in [2.45, 2.75) is 12.8 Å². The minimum Gasteiger partial charge on any atom is -0.497 e. The Morgan fingerprint density at radius 2 is 2.00 bits per heavy atom. The third-order valence-electron chi connectivity index (χ3n) is 2.14. The molecule has 0 aliphatic carbocycles. The number of hydrogen-bond acceptors (Lipinski definition) is 3. The van der Waals surface area contributed by atoms with Crippen LogP contribution in [0.4, 0.5) is 0 Å². The quantitative estimate of drug-likeness (QED) is 0.896. The van der Waals surface area contributed by atoms with Crippen LogP contribution in [0.3, 0.4) is 0 Å². The molecule has 0 spiro atoms. The van der Waals surface area contributed by atoms with Gasteiger partial charge in [0.05, 0.1) is 18.7 Å². The lowest BCUT2D eigenvalue weighted by atomic mass is 10.1. The second-order valence-corrected chi connectivity index (χ2v) is 3.98. The summed E-state index contributed by atoms with van der Waals surface area (Å²) in [5.74, 6) is 1.60. The van der Waals surface area contributed by atoms with Crippen molar-refractivity contribution in [2.24, 2.45) is 0 Å². The molecular weight excluding hydrogens is 260 g/mol. The lowest BCUT2D eigenvalue weighted by molar-refractivity contribution is 0.287. The third kappa shape index (κ3) is 3.11. The maximum atomic E-state index is 8.80. The third-order valence-corrected chi connectivity index (χ3v) is 2.73. The molecule has 4 heteroatoms. The molecule has 1 N–H and O–H groups in total. The Balaban J connectivity index is 3.02. The minimum atomic E-state index is 0.179. The van der Waals surface area contributed by atoms with Crippen LogP contribution in [-0.2, 0) is 6.42 Å². The fourth-order valence-electron chi connectivity index (χ4n) is 1.42. The Morgan fingerprint density at radius 3 is 2.53 bits per heavy atom. The molecule has 0 saturated heterocycles. The first kappa shape index (κ1) is 12.3. The molecule has 1 aromatic carbocycles. The van der Waals surface area contributed by atoms with E-state index in [0.29, 0.717) is 0 Å². The first-order chi connectivity index (χ1) is 7.22. The number of ether oxygens (including phenoxy) is 2. The Labute approximate surface area is 98.1 Å². The zero-order valence-electron chi connectivity index (χ0n) is 8.92. The van der Waals surface area contributed by atoms with Gasteiger partial charge in [-0.2, -0.15) is 0 Å². The summed E-state index contributed by atoms with van der Waals surface area (Å²) in [7, 11) is 3.26. The molecule has 0 unspecified atom stereocenters. The van der Waals surface area contributed by atoms with Crippen LogP contribution in [0.15, 0.2) is 16.6 Å². The lowest BCUT2D eigenvalue weighted by Gasteiger charge is -2.12. The summed E-state index contributed by atoms with van der Waals surface area (Å²) in [5.41, 5.74) is 1.04. The van der Waals surface area contributed by atoms with Gasteiger partial charge >= 0.3 is 0 Å². The van der Waals surface area contributed by atoms with E-state index < -0.39 is 0 Å². The Kier molecular flexibility index (Phi) is 4.91. The molecule has 0 bridgehead atoms. The van der Waals surface area contributed by atoms with E-state index in [1.807, 2.05) is 12.1 Å². The predicted molar refractivity (Wildman–Crippen MR) is 62.7 cm³/mol. The van der Waals surface area contributed by atoms with Crippen LogP contribution >= 0.6 is 15.9 Å². The smallest absolute Gasteiger partial charge is 0.136 e. The van der Waals surface area contributed by atoms with Crippen molar-refractivity contribution >= 4 is 15.9 Å². The summed E-state index contributed by atoms with van der Waals surface area (Å²) < 4.78 is 11.3. The van der Waals surface area contributed by atoms with E-state index >= 15 is 0 Å². The highest BCUT2D eigenvalue weighted by atomic mass is 79.9. The molecule has 15 heavy (non-hydrogen) atoms. The van der Waals surface area contributed by atoms with Gasteiger partial charge in [-0.1, -0.05) is 0 Å². The average molecular weight is 275 g/mol. The highest BCUT2D eigenvalue weighted by Gasteiger charge is 2.09. The lowest BCUT2D eigenvalue weighted by Crippen LogP contribution is -1.97. The van der Waals surface area contributed by atoms with Crippen LogP contribution in [-0.4, -0.2) is 25.9 Å². The van der Waals surface area contributed by atoms with E-state index in [4.69, 9.17) is 14.6 Å².